The molecule has 0 saturated carbocycles. The minimum absolute atomic E-state index is 0.513. The second-order valence-corrected chi connectivity index (χ2v) is 6.83. The van der Waals surface area contributed by atoms with E-state index in [1.807, 2.05) is 6.26 Å². The van der Waals surface area contributed by atoms with Gasteiger partial charge in [-0.2, -0.15) is 0 Å². The molecular formula is C17H29N3O. The molecule has 21 heavy (non-hydrogen) atoms. The molecule has 0 bridgehead atoms. The highest BCUT2D eigenvalue weighted by Crippen LogP contribution is 2.23. The Morgan fingerprint density at radius 2 is 2.10 bits per heavy atom. The molecule has 1 unspecified atom stereocenters. The van der Waals surface area contributed by atoms with Crippen LogP contribution >= 0.6 is 0 Å². The molecule has 4 nitrogen and oxygen atoms in total. The van der Waals surface area contributed by atoms with Crippen LogP contribution in [-0.2, 0) is 13.1 Å². The summed E-state index contributed by atoms with van der Waals surface area (Å²) in [5, 5.41) is 3.48. The van der Waals surface area contributed by atoms with Crippen molar-refractivity contribution in [3.05, 3.63) is 23.7 Å². The molecule has 1 atom stereocenters. The summed E-state index contributed by atoms with van der Waals surface area (Å²) in [4.78, 5) is 5.24. The van der Waals surface area contributed by atoms with Gasteiger partial charge >= 0.3 is 0 Å². The predicted molar refractivity (Wildman–Crippen MR) is 85.2 cm³/mol. The van der Waals surface area contributed by atoms with Gasteiger partial charge < -0.3 is 9.73 Å². The van der Waals surface area contributed by atoms with Crippen molar-refractivity contribution in [2.45, 2.75) is 58.3 Å². The summed E-state index contributed by atoms with van der Waals surface area (Å²) in [6.07, 6.45) is 5.93. The van der Waals surface area contributed by atoms with E-state index in [4.69, 9.17) is 4.42 Å². The van der Waals surface area contributed by atoms with Crippen LogP contribution in [0.1, 0.15) is 44.4 Å². The third kappa shape index (κ3) is 3.87. The van der Waals surface area contributed by atoms with Gasteiger partial charge in [-0.25, -0.2) is 0 Å². The zero-order chi connectivity index (χ0) is 14.7. The fourth-order valence-corrected chi connectivity index (χ4v) is 3.54. The van der Waals surface area contributed by atoms with Crippen molar-refractivity contribution in [1.29, 1.82) is 0 Å². The number of rotatable bonds is 6. The van der Waals surface area contributed by atoms with Gasteiger partial charge in [-0.15, -0.1) is 0 Å². The Morgan fingerprint density at radius 3 is 2.86 bits per heavy atom. The fraction of sp³-hybridized carbons (Fsp3) is 0.765. The standard InChI is InChI=1S/C17H29N3O/c1-14(2)18-11-15-6-10-21-17(15)13-19-9-5-16(12-19)20-7-3-4-8-20/h6,10,14,16,18H,3-5,7-9,11-13H2,1-2H3. The molecule has 0 spiro atoms. The maximum absolute atomic E-state index is 5.72. The Labute approximate surface area is 128 Å². The van der Waals surface area contributed by atoms with Crippen molar-refractivity contribution in [3.63, 3.8) is 0 Å². The number of furan rings is 1. The van der Waals surface area contributed by atoms with Gasteiger partial charge in [0.15, 0.2) is 0 Å². The molecular weight excluding hydrogens is 262 g/mol. The summed E-state index contributed by atoms with van der Waals surface area (Å²) < 4.78 is 5.72. The monoisotopic (exact) mass is 291 g/mol. The summed E-state index contributed by atoms with van der Waals surface area (Å²) in [6, 6.07) is 3.40. The Balaban J connectivity index is 1.51. The van der Waals surface area contributed by atoms with Crippen LogP contribution in [0.3, 0.4) is 0 Å². The average molecular weight is 291 g/mol. The zero-order valence-electron chi connectivity index (χ0n) is 13.5. The van der Waals surface area contributed by atoms with Gasteiger partial charge in [0.25, 0.3) is 0 Å². The van der Waals surface area contributed by atoms with Crippen LogP contribution in [0.5, 0.6) is 0 Å². The van der Waals surface area contributed by atoms with E-state index in [1.54, 1.807) is 0 Å². The molecule has 0 aliphatic carbocycles. The first-order chi connectivity index (χ1) is 10.2. The number of hydrogen-bond donors (Lipinski definition) is 1. The lowest BCUT2D eigenvalue weighted by molar-refractivity contribution is 0.223. The molecule has 2 saturated heterocycles. The lowest BCUT2D eigenvalue weighted by Crippen LogP contribution is -2.35. The number of nitrogens with zero attached hydrogens (tertiary/aromatic N) is 2. The summed E-state index contributed by atoms with van der Waals surface area (Å²) in [5.74, 6) is 1.14. The highest BCUT2D eigenvalue weighted by Gasteiger charge is 2.29. The van der Waals surface area contributed by atoms with Crippen molar-refractivity contribution < 1.29 is 4.42 Å². The third-order valence-corrected chi connectivity index (χ3v) is 4.81. The molecule has 0 aromatic carbocycles. The van der Waals surface area contributed by atoms with E-state index in [0.29, 0.717) is 6.04 Å². The van der Waals surface area contributed by atoms with Crippen LogP contribution in [0.2, 0.25) is 0 Å². The van der Waals surface area contributed by atoms with E-state index in [2.05, 4.69) is 35.0 Å². The van der Waals surface area contributed by atoms with E-state index >= 15 is 0 Å². The van der Waals surface area contributed by atoms with E-state index < -0.39 is 0 Å². The van der Waals surface area contributed by atoms with Crippen molar-refractivity contribution >= 4 is 0 Å². The van der Waals surface area contributed by atoms with E-state index in [-0.39, 0.29) is 0 Å². The van der Waals surface area contributed by atoms with Crippen LogP contribution < -0.4 is 5.32 Å². The van der Waals surface area contributed by atoms with Crippen LogP contribution in [-0.4, -0.2) is 48.1 Å². The van der Waals surface area contributed by atoms with Crippen molar-refractivity contribution in [2.75, 3.05) is 26.2 Å². The SMILES string of the molecule is CC(C)NCc1ccoc1CN1CCC(N2CCCC2)C1. The van der Waals surface area contributed by atoms with Crippen LogP contribution in [0, 0.1) is 0 Å². The van der Waals surface area contributed by atoms with Crippen molar-refractivity contribution in [3.8, 4) is 0 Å². The van der Waals surface area contributed by atoms with E-state index in [9.17, 15) is 0 Å². The lowest BCUT2D eigenvalue weighted by atomic mass is 10.2. The third-order valence-electron chi connectivity index (χ3n) is 4.81. The molecule has 118 valence electrons. The summed E-state index contributed by atoms with van der Waals surface area (Å²) >= 11 is 0. The second-order valence-electron chi connectivity index (χ2n) is 6.83. The maximum Gasteiger partial charge on any atom is 0.122 e. The highest BCUT2D eigenvalue weighted by molar-refractivity contribution is 5.17. The first kappa shape index (κ1) is 15.1. The summed E-state index contributed by atoms with van der Waals surface area (Å²) in [5.41, 5.74) is 1.31. The Hall–Kier alpha value is -0.840. The Kier molecular flexibility index (Phi) is 4.99. The van der Waals surface area contributed by atoms with Gasteiger partial charge in [0.2, 0.25) is 0 Å². The quantitative estimate of drug-likeness (QED) is 0.872. The number of nitrogens with one attached hydrogen (secondary N) is 1. The minimum Gasteiger partial charge on any atom is -0.468 e. The zero-order valence-corrected chi connectivity index (χ0v) is 13.5. The van der Waals surface area contributed by atoms with E-state index in [1.165, 1.54) is 51.0 Å². The van der Waals surface area contributed by atoms with Crippen LogP contribution in [0.15, 0.2) is 16.7 Å². The van der Waals surface area contributed by atoms with Crippen LogP contribution in [0.25, 0.3) is 0 Å². The van der Waals surface area contributed by atoms with Gasteiger partial charge in [0, 0.05) is 37.3 Å². The van der Waals surface area contributed by atoms with Gasteiger partial charge in [0.1, 0.15) is 5.76 Å². The van der Waals surface area contributed by atoms with Crippen molar-refractivity contribution in [1.82, 2.24) is 15.1 Å². The van der Waals surface area contributed by atoms with Gasteiger partial charge in [0.05, 0.1) is 12.8 Å². The predicted octanol–water partition coefficient (Wildman–Crippen LogP) is 2.45. The first-order valence-corrected chi connectivity index (χ1v) is 8.47. The molecule has 2 fully saturated rings. The Morgan fingerprint density at radius 1 is 1.29 bits per heavy atom. The molecule has 0 radical (unpaired) electrons. The second kappa shape index (κ2) is 6.95. The Bertz CT molecular complexity index is 437. The molecule has 1 N–H and O–H groups in total. The summed E-state index contributed by atoms with van der Waals surface area (Å²) in [6.45, 7) is 11.3. The molecule has 1 aromatic rings. The fourth-order valence-electron chi connectivity index (χ4n) is 3.54. The molecule has 3 rings (SSSR count). The van der Waals surface area contributed by atoms with Crippen LogP contribution in [0.4, 0.5) is 0 Å². The normalized spacial score (nSPS) is 24.4. The number of hydrogen-bond acceptors (Lipinski definition) is 4. The number of likely N-dealkylation sites (tertiary alicyclic amines) is 2. The molecule has 4 heteroatoms. The van der Waals surface area contributed by atoms with Gasteiger partial charge in [-0.3, -0.25) is 9.80 Å². The largest absolute Gasteiger partial charge is 0.468 e. The van der Waals surface area contributed by atoms with E-state index in [0.717, 1.165) is 24.9 Å². The van der Waals surface area contributed by atoms with Crippen molar-refractivity contribution in [2.24, 2.45) is 0 Å². The summed E-state index contributed by atoms with van der Waals surface area (Å²) in [7, 11) is 0. The molecule has 2 aliphatic heterocycles. The smallest absolute Gasteiger partial charge is 0.122 e. The molecule has 0 amide bonds. The lowest BCUT2D eigenvalue weighted by Gasteiger charge is -2.23. The molecule has 1 aromatic heterocycles. The van der Waals surface area contributed by atoms with Gasteiger partial charge in [-0.1, -0.05) is 13.8 Å². The molecule has 2 aliphatic rings. The maximum atomic E-state index is 5.72. The first-order valence-electron chi connectivity index (χ1n) is 8.47. The minimum atomic E-state index is 0.513. The van der Waals surface area contributed by atoms with Gasteiger partial charge in [-0.05, 0) is 38.4 Å². The highest BCUT2D eigenvalue weighted by atomic mass is 16.3. The molecule has 3 heterocycles. The topological polar surface area (TPSA) is 31.7 Å². The average Bonchev–Trinajstić information content (AvgIpc) is 3.18.